The van der Waals surface area contributed by atoms with Crippen LogP contribution in [0.4, 0.5) is 5.13 Å². The molecule has 0 saturated carbocycles. The Morgan fingerprint density at radius 2 is 2.33 bits per heavy atom. The number of thiazole rings is 1. The zero-order valence-electron chi connectivity index (χ0n) is 11.2. The summed E-state index contributed by atoms with van der Waals surface area (Å²) in [7, 11) is 0. The molecular formula is C12H21N3O2S. The molecule has 0 saturated heterocycles. The Morgan fingerprint density at radius 1 is 1.56 bits per heavy atom. The van der Waals surface area contributed by atoms with Gasteiger partial charge in [-0.2, -0.15) is 0 Å². The zero-order chi connectivity index (χ0) is 13.4. The highest BCUT2D eigenvalue weighted by atomic mass is 32.1. The monoisotopic (exact) mass is 271 g/mol. The van der Waals surface area contributed by atoms with Gasteiger partial charge in [0.25, 0.3) is 5.91 Å². The van der Waals surface area contributed by atoms with Crippen LogP contribution in [0.2, 0.25) is 0 Å². The molecule has 1 atom stereocenters. The summed E-state index contributed by atoms with van der Waals surface area (Å²) in [6.07, 6.45) is 0.912. The molecule has 0 aliphatic heterocycles. The van der Waals surface area contributed by atoms with Crippen molar-refractivity contribution in [3.8, 4) is 0 Å². The Bertz CT molecular complexity index is 368. The van der Waals surface area contributed by atoms with E-state index in [2.05, 4.69) is 29.5 Å². The van der Waals surface area contributed by atoms with Crippen LogP contribution in [0.1, 0.15) is 38.9 Å². The number of carbonyl (C=O) groups is 1. The molecule has 0 aromatic carbocycles. The van der Waals surface area contributed by atoms with Gasteiger partial charge in [0.1, 0.15) is 6.61 Å². The van der Waals surface area contributed by atoms with Gasteiger partial charge in [-0.1, -0.05) is 13.8 Å². The number of aromatic nitrogens is 1. The Kier molecular flexibility index (Phi) is 6.85. The minimum absolute atomic E-state index is 0.0888. The first-order chi connectivity index (χ1) is 8.67. The van der Waals surface area contributed by atoms with E-state index in [1.165, 1.54) is 11.3 Å². The van der Waals surface area contributed by atoms with Crippen LogP contribution < -0.4 is 10.6 Å². The molecule has 5 nitrogen and oxygen atoms in total. The van der Waals surface area contributed by atoms with Crippen LogP contribution in [0, 0.1) is 0 Å². The molecule has 1 amide bonds. The predicted octanol–water partition coefficient (Wildman–Crippen LogP) is 2.18. The lowest BCUT2D eigenvalue weighted by atomic mass is 10.3. The Labute approximate surface area is 112 Å². The van der Waals surface area contributed by atoms with Crippen molar-refractivity contribution in [3.05, 3.63) is 11.1 Å². The van der Waals surface area contributed by atoms with E-state index < -0.39 is 0 Å². The molecule has 18 heavy (non-hydrogen) atoms. The van der Waals surface area contributed by atoms with Gasteiger partial charge in [-0.15, -0.1) is 11.3 Å². The lowest BCUT2D eigenvalue weighted by molar-refractivity contribution is -0.120. The van der Waals surface area contributed by atoms with Crippen molar-refractivity contribution >= 4 is 22.4 Å². The molecular weight excluding hydrogens is 250 g/mol. The fourth-order valence-electron chi connectivity index (χ4n) is 1.42. The maximum atomic E-state index is 11.5. The second-order valence-electron chi connectivity index (χ2n) is 3.96. The fourth-order valence-corrected chi connectivity index (χ4v) is 2.24. The van der Waals surface area contributed by atoms with Crippen molar-refractivity contribution in [2.24, 2.45) is 0 Å². The number of rotatable bonds is 8. The van der Waals surface area contributed by atoms with Crippen molar-refractivity contribution in [1.82, 2.24) is 10.3 Å². The molecule has 1 rings (SSSR count). The van der Waals surface area contributed by atoms with E-state index in [-0.39, 0.29) is 18.6 Å². The number of nitrogens with one attached hydrogen (secondary N) is 2. The lowest BCUT2D eigenvalue weighted by Gasteiger charge is -2.08. The quantitative estimate of drug-likeness (QED) is 0.711. The van der Waals surface area contributed by atoms with Crippen LogP contribution in [0.5, 0.6) is 0 Å². The first-order valence-electron chi connectivity index (χ1n) is 6.23. The molecule has 0 aliphatic carbocycles. The highest BCUT2D eigenvalue weighted by molar-refractivity contribution is 7.13. The number of hydrogen-bond donors (Lipinski definition) is 2. The molecule has 6 heteroatoms. The van der Waals surface area contributed by atoms with E-state index in [1.807, 2.05) is 12.3 Å². The van der Waals surface area contributed by atoms with Crippen LogP contribution in [0.15, 0.2) is 5.38 Å². The molecule has 0 radical (unpaired) electrons. The molecule has 0 fully saturated rings. The average Bonchev–Trinajstić information content (AvgIpc) is 2.78. The molecule has 0 bridgehead atoms. The number of ether oxygens (including phenoxy) is 1. The molecule has 0 spiro atoms. The van der Waals surface area contributed by atoms with Crippen LogP contribution >= 0.6 is 11.3 Å². The molecule has 1 aromatic heterocycles. The summed E-state index contributed by atoms with van der Waals surface area (Å²) in [6, 6.07) is 0.202. The standard InChI is InChI=1S/C12H21N3O2S/c1-4-6-17-7-11(16)15-12-14-10(8-18-12)9(3)13-5-2/h8-9,13H,4-7H2,1-3H3,(H,14,15,16). The Morgan fingerprint density at radius 3 is 3.00 bits per heavy atom. The summed E-state index contributed by atoms with van der Waals surface area (Å²) in [4.78, 5) is 15.9. The summed E-state index contributed by atoms with van der Waals surface area (Å²) in [5.41, 5.74) is 0.951. The predicted molar refractivity (Wildman–Crippen MR) is 73.9 cm³/mol. The number of anilines is 1. The highest BCUT2D eigenvalue weighted by Crippen LogP contribution is 2.20. The van der Waals surface area contributed by atoms with Crippen molar-refractivity contribution in [3.63, 3.8) is 0 Å². The summed E-state index contributed by atoms with van der Waals surface area (Å²) in [6.45, 7) is 7.70. The van der Waals surface area contributed by atoms with Crippen LogP contribution in [-0.4, -0.2) is 30.6 Å². The van der Waals surface area contributed by atoms with Gasteiger partial charge in [0.05, 0.1) is 5.69 Å². The third-order valence-corrected chi connectivity index (χ3v) is 3.08. The van der Waals surface area contributed by atoms with Gasteiger partial charge in [-0.3, -0.25) is 10.1 Å². The summed E-state index contributed by atoms with van der Waals surface area (Å²) in [5.74, 6) is -0.152. The van der Waals surface area contributed by atoms with Crippen molar-refractivity contribution in [2.75, 3.05) is 25.1 Å². The van der Waals surface area contributed by atoms with Gasteiger partial charge in [0.2, 0.25) is 0 Å². The topological polar surface area (TPSA) is 63.2 Å². The third kappa shape index (κ3) is 5.12. The van der Waals surface area contributed by atoms with Crippen molar-refractivity contribution < 1.29 is 9.53 Å². The van der Waals surface area contributed by atoms with Crippen LogP contribution in [-0.2, 0) is 9.53 Å². The van der Waals surface area contributed by atoms with Gasteiger partial charge in [-0.25, -0.2) is 4.98 Å². The zero-order valence-corrected chi connectivity index (χ0v) is 12.0. The van der Waals surface area contributed by atoms with Gasteiger partial charge in [0, 0.05) is 18.0 Å². The molecule has 1 heterocycles. The number of carbonyl (C=O) groups excluding carboxylic acids is 1. The average molecular weight is 271 g/mol. The molecule has 0 aliphatic rings. The van der Waals surface area contributed by atoms with Crippen molar-refractivity contribution in [1.29, 1.82) is 0 Å². The maximum Gasteiger partial charge on any atom is 0.252 e. The SMILES string of the molecule is CCCOCC(=O)Nc1nc(C(C)NCC)cs1. The lowest BCUT2D eigenvalue weighted by Crippen LogP contribution is -2.19. The maximum absolute atomic E-state index is 11.5. The molecule has 102 valence electrons. The highest BCUT2D eigenvalue weighted by Gasteiger charge is 2.10. The normalized spacial score (nSPS) is 12.4. The minimum atomic E-state index is -0.152. The summed E-state index contributed by atoms with van der Waals surface area (Å²) >= 11 is 1.43. The third-order valence-electron chi connectivity index (χ3n) is 2.30. The van der Waals surface area contributed by atoms with Crippen molar-refractivity contribution in [2.45, 2.75) is 33.2 Å². The smallest absolute Gasteiger partial charge is 0.252 e. The van der Waals surface area contributed by atoms with E-state index in [1.54, 1.807) is 0 Å². The fraction of sp³-hybridized carbons (Fsp3) is 0.667. The second kappa shape index (κ2) is 8.18. The largest absolute Gasteiger partial charge is 0.372 e. The summed E-state index contributed by atoms with van der Waals surface area (Å²) < 4.78 is 5.16. The van der Waals surface area contributed by atoms with E-state index in [0.29, 0.717) is 11.7 Å². The summed E-state index contributed by atoms with van der Waals surface area (Å²) in [5, 5.41) is 8.59. The number of nitrogens with zero attached hydrogens (tertiary/aromatic N) is 1. The number of amides is 1. The van der Waals surface area contributed by atoms with Gasteiger partial charge in [0.15, 0.2) is 5.13 Å². The van der Waals surface area contributed by atoms with Gasteiger partial charge < -0.3 is 10.1 Å². The Hall–Kier alpha value is -0.980. The molecule has 1 unspecified atom stereocenters. The number of hydrogen-bond acceptors (Lipinski definition) is 5. The van der Waals surface area contributed by atoms with E-state index in [9.17, 15) is 4.79 Å². The van der Waals surface area contributed by atoms with Gasteiger partial charge >= 0.3 is 0 Å². The second-order valence-corrected chi connectivity index (χ2v) is 4.82. The van der Waals surface area contributed by atoms with E-state index >= 15 is 0 Å². The first-order valence-corrected chi connectivity index (χ1v) is 7.11. The van der Waals surface area contributed by atoms with E-state index in [0.717, 1.165) is 18.7 Å². The minimum Gasteiger partial charge on any atom is -0.372 e. The van der Waals surface area contributed by atoms with E-state index in [4.69, 9.17) is 4.74 Å². The molecule has 1 aromatic rings. The first kappa shape index (κ1) is 15.1. The van der Waals surface area contributed by atoms with Crippen LogP contribution in [0.3, 0.4) is 0 Å². The van der Waals surface area contributed by atoms with Gasteiger partial charge in [-0.05, 0) is 19.9 Å². The Balaban J connectivity index is 2.41. The molecule has 2 N–H and O–H groups in total. The van der Waals surface area contributed by atoms with Crippen LogP contribution in [0.25, 0.3) is 0 Å².